The summed E-state index contributed by atoms with van der Waals surface area (Å²) in [6.45, 7) is -1.22. The van der Waals surface area contributed by atoms with E-state index in [0.29, 0.717) is 16.6 Å². The maximum atomic E-state index is 14.4. The number of benzene rings is 2. The number of rotatable bonds is 4. The maximum absolute atomic E-state index is 14.4. The molecule has 10 heteroatoms. The second-order valence-electron chi connectivity index (χ2n) is 5.98. The van der Waals surface area contributed by atoms with Crippen LogP contribution < -0.4 is 10.5 Å². The summed E-state index contributed by atoms with van der Waals surface area (Å²) in [6, 6.07) is 9.00. The van der Waals surface area contributed by atoms with Gasteiger partial charge in [0.25, 0.3) is 5.56 Å². The summed E-state index contributed by atoms with van der Waals surface area (Å²) in [4.78, 5) is 31.0. The van der Waals surface area contributed by atoms with Crippen LogP contribution >= 0.6 is 0 Å². The number of imidazole rings is 1. The first-order chi connectivity index (χ1) is 13.5. The third-order valence-electron chi connectivity index (χ3n) is 4.30. The van der Waals surface area contributed by atoms with Crippen molar-refractivity contribution in [3.8, 4) is 11.3 Å². The molecule has 28 heavy (non-hydrogen) atoms. The first kappa shape index (κ1) is 17.6. The average Bonchev–Trinajstić information content (AvgIpc) is 3.09. The number of H-pyrrole nitrogens is 2. The predicted molar refractivity (Wildman–Crippen MR) is 98.8 cm³/mol. The molecule has 1 amide bonds. The normalized spacial score (nSPS) is 11.2. The van der Waals surface area contributed by atoms with Crippen molar-refractivity contribution in [2.75, 3.05) is 18.1 Å². The second-order valence-corrected chi connectivity index (χ2v) is 5.98. The molecule has 0 aliphatic rings. The number of anilines is 1. The summed E-state index contributed by atoms with van der Waals surface area (Å²) in [5, 5.41) is 15.8. The fourth-order valence-electron chi connectivity index (χ4n) is 3.03. The number of nitrogens with zero attached hydrogens (tertiary/aromatic N) is 3. The van der Waals surface area contributed by atoms with E-state index in [0.717, 1.165) is 4.90 Å². The van der Waals surface area contributed by atoms with Crippen LogP contribution in [0.1, 0.15) is 0 Å². The molecule has 4 rings (SSSR count). The number of hydrogen-bond donors (Lipinski definition) is 3. The van der Waals surface area contributed by atoms with Gasteiger partial charge in [0.05, 0.1) is 28.4 Å². The van der Waals surface area contributed by atoms with Crippen LogP contribution in [0.3, 0.4) is 0 Å². The monoisotopic (exact) mass is 385 g/mol. The highest BCUT2D eigenvalue weighted by molar-refractivity contribution is 5.96. The van der Waals surface area contributed by atoms with Crippen LogP contribution in [0.2, 0.25) is 0 Å². The van der Waals surface area contributed by atoms with Crippen LogP contribution in [-0.4, -0.2) is 44.6 Å². The molecule has 0 saturated carbocycles. The summed E-state index contributed by atoms with van der Waals surface area (Å²) >= 11 is 0. The highest BCUT2D eigenvalue weighted by atomic mass is 19.1. The third kappa shape index (κ3) is 2.84. The third-order valence-corrected chi connectivity index (χ3v) is 4.30. The molecule has 8 nitrogen and oxygen atoms in total. The lowest BCUT2D eigenvalue weighted by Crippen LogP contribution is -2.32. The lowest BCUT2D eigenvalue weighted by Gasteiger charge is -2.13. The zero-order chi connectivity index (χ0) is 19.8. The molecule has 0 unspecified atom stereocenters. The van der Waals surface area contributed by atoms with Crippen molar-refractivity contribution < 1.29 is 18.7 Å². The summed E-state index contributed by atoms with van der Waals surface area (Å²) in [5.41, 5.74) is 1.08. The number of amides is 1. The van der Waals surface area contributed by atoms with Crippen LogP contribution in [-0.2, 0) is 0 Å². The van der Waals surface area contributed by atoms with E-state index in [1.54, 1.807) is 18.2 Å². The molecule has 0 atom stereocenters. The predicted octanol–water partition coefficient (Wildman–Crippen LogP) is 3.06. The van der Waals surface area contributed by atoms with Crippen LogP contribution in [0.15, 0.2) is 41.2 Å². The first-order valence-electron chi connectivity index (χ1n) is 8.23. The van der Waals surface area contributed by atoms with E-state index < -0.39 is 24.1 Å². The number of alkyl halides is 1. The summed E-state index contributed by atoms with van der Waals surface area (Å²) in [6.07, 6.45) is -1.34. The van der Waals surface area contributed by atoms with Gasteiger partial charge in [0.2, 0.25) is 5.95 Å². The minimum absolute atomic E-state index is 0.0252. The Hall–Kier alpha value is -3.82. The van der Waals surface area contributed by atoms with E-state index in [-0.39, 0.29) is 29.0 Å². The molecule has 0 spiro atoms. The fraction of sp³-hybridized carbons (Fsp3) is 0.111. The minimum atomic E-state index is -1.34. The summed E-state index contributed by atoms with van der Waals surface area (Å²) < 4.78 is 27.0. The Morgan fingerprint density at radius 1 is 1.25 bits per heavy atom. The second kappa shape index (κ2) is 6.72. The Labute approximate surface area is 155 Å². The summed E-state index contributed by atoms with van der Waals surface area (Å²) in [7, 11) is 0. The Kier molecular flexibility index (Phi) is 4.22. The molecule has 0 radical (unpaired) electrons. The smallest absolute Gasteiger partial charge is 0.414 e. The lowest BCUT2D eigenvalue weighted by atomic mass is 10.0. The van der Waals surface area contributed by atoms with Gasteiger partial charge in [-0.15, -0.1) is 0 Å². The van der Waals surface area contributed by atoms with Gasteiger partial charge in [0.15, 0.2) is 0 Å². The zero-order valence-corrected chi connectivity index (χ0v) is 14.2. The first-order valence-corrected chi connectivity index (χ1v) is 8.23. The number of aromatic nitrogens is 4. The highest BCUT2D eigenvalue weighted by Crippen LogP contribution is 2.29. The fourth-order valence-corrected chi connectivity index (χ4v) is 3.03. The number of nitrogens with one attached hydrogen (secondary N) is 2. The van der Waals surface area contributed by atoms with Crippen LogP contribution in [0.25, 0.3) is 33.1 Å². The largest absolute Gasteiger partial charge is 0.465 e. The van der Waals surface area contributed by atoms with Crippen molar-refractivity contribution in [1.82, 2.24) is 20.2 Å². The molecular weight excluding hydrogens is 372 g/mol. The van der Waals surface area contributed by atoms with Gasteiger partial charge in [-0.1, -0.05) is 12.1 Å². The Balaban J connectivity index is 1.88. The molecule has 0 aliphatic heterocycles. The Morgan fingerprint density at radius 3 is 2.82 bits per heavy atom. The van der Waals surface area contributed by atoms with Crippen molar-refractivity contribution in [1.29, 1.82) is 0 Å². The van der Waals surface area contributed by atoms with Crippen molar-refractivity contribution in [3.05, 3.63) is 52.6 Å². The number of fused-ring (bicyclic) bond motifs is 2. The van der Waals surface area contributed by atoms with E-state index in [1.165, 1.54) is 18.2 Å². The van der Waals surface area contributed by atoms with Crippen LogP contribution in [0.4, 0.5) is 19.5 Å². The molecule has 4 aromatic rings. The van der Waals surface area contributed by atoms with E-state index in [4.69, 9.17) is 0 Å². The minimum Gasteiger partial charge on any atom is -0.465 e. The van der Waals surface area contributed by atoms with E-state index in [2.05, 4.69) is 20.2 Å². The standard InChI is InChI=1S/C18H13F2N5O3/c19-6-7-25(18(27)28)17-21-12-5-4-9(8-13(12)22-17)15-14-10(16(26)24-23-15)2-1-3-11(14)20/h1-5,8H,6-7H2,(H,21,22)(H,24,26)(H,27,28). The van der Waals surface area contributed by atoms with Gasteiger partial charge in [-0.05, 0) is 24.3 Å². The summed E-state index contributed by atoms with van der Waals surface area (Å²) in [5.74, 6) is -0.614. The molecule has 0 saturated heterocycles. The van der Waals surface area contributed by atoms with Gasteiger partial charge in [0, 0.05) is 5.56 Å². The van der Waals surface area contributed by atoms with E-state index in [9.17, 15) is 23.5 Å². The van der Waals surface area contributed by atoms with Crippen molar-refractivity contribution in [2.24, 2.45) is 0 Å². The molecular formula is C18H13F2N5O3. The SMILES string of the molecule is O=C(O)N(CCF)c1nc2cc(-c3n[nH]c(=O)c4cccc(F)c34)ccc2[nH]1. The number of carbonyl (C=O) groups is 1. The van der Waals surface area contributed by atoms with E-state index >= 15 is 0 Å². The van der Waals surface area contributed by atoms with Gasteiger partial charge in [-0.2, -0.15) is 5.10 Å². The molecule has 0 aliphatic carbocycles. The lowest BCUT2D eigenvalue weighted by molar-refractivity contribution is 0.200. The number of hydrogen-bond acceptors (Lipinski definition) is 4. The molecule has 2 aromatic carbocycles. The van der Waals surface area contributed by atoms with Crippen molar-refractivity contribution in [3.63, 3.8) is 0 Å². The Morgan fingerprint density at radius 2 is 2.07 bits per heavy atom. The molecule has 3 N–H and O–H groups in total. The molecule has 0 fully saturated rings. The highest BCUT2D eigenvalue weighted by Gasteiger charge is 2.19. The Bertz CT molecular complexity index is 1270. The van der Waals surface area contributed by atoms with Crippen LogP contribution in [0.5, 0.6) is 0 Å². The number of carboxylic acid groups (broad SMARTS) is 1. The van der Waals surface area contributed by atoms with Gasteiger partial charge >= 0.3 is 6.09 Å². The van der Waals surface area contributed by atoms with E-state index in [1.807, 2.05) is 0 Å². The average molecular weight is 385 g/mol. The van der Waals surface area contributed by atoms with Gasteiger partial charge in [-0.3, -0.25) is 4.79 Å². The number of aromatic amines is 2. The van der Waals surface area contributed by atoms with Crippen LogP contribution in [0, 0.1) is 5.82 Å². The van der Waals surface area contributed by atoms with Crippen molar-refractivity contribution in [2.45, 2.75) is 0 Å². The molecule has 142 valence electrons. The topological polar surface area (TPSA) is 115 Å². The van der Waals surface area contributed by atoms with Gasteiger partial charge in [-0.25, -0.2) is 28.6 Å². The molecule has 2 aromatic heterocycles. The maximum Gasteiger partial charge on any atom is 0.414 e. The molecule has 0 bridgehead atoms. The van der Waals surface area contributed by atoms with Gasteiger partial charge < -0.3 is 10.1 Å². The number of halogens is 2. The molecule has 2 heterocycles. The zero-order valence-electron chi connectivity index (χ0n) is 14.2. The quantitative estimate of drug-likeness (QED) is 0.499. The van der Waals surface area contributed by atoms with Crippen molar-refractivity contribution >= 4 is 33.8 Å². The van der Waals surface area contributed by atoms with Gasteiger partial charge in [0.1, 0.15) is 18.2 Å².